The van der Waals surface area contributed by atoms with E-state index in [-0.39, 0.29) is 0 Å². The molecule has 0 unspecified atom stereocenters. The molecular formula is C11H22N2O3. The summed E-state index contributed by atoms with van der Waals surface area (Å²) in [7, 11) is 1.65. The predicted molar refractivity (Wildman–Crippen MR) is 62.8 cm³/mol. The third-order valence-electron chi connectivity index (χ3n) is 2.77. The molecule has 5 nitrogen and oxygen atoms in total. The first-order valence-corrected chi connectivity index (χ1v) is 5.76. The molecule has 0 amide bonds. The molecule has 94 valence electrons. The molecule has 1 rings (SSSR count). The van der Waals surface area contributed by atoms with Gasteiger partial charge in [-0.25, -0.2) is 0 Å². The summed E-state index contributed by atoms with van der Waals surface area (Å²) in [4.78, 5) is 4.32. The largest absolute Gasteiger partial charge is 0.385 e. The van der Waals surface area contributed by atoms with Gasteiger partial charge in [-0.2, -0.15) is 0 Å². The number of rotatable bonds is 6. The molecule has 1 aliphatic heterocycles. The van der Waals surface area contributed by atoms with Gasteiger partial charge in [-0.3, -0.25) is 4.99 Å². The summed E-state index contributed by atoms with van der Waals surface area (Å²) >= 11 is 0. The molecule has 0 aromatic rings. The van der Waals surface area contributed by atoms with E-state index in [0.29, 0.717) is 38.8 Å². The van der Waals surface area contributed by atoms with Crippen molar-refractivity contribution in [2.75, 3.05) is 40.1 Å². The second kappa shape index (κ2) is 6.83. The lowest BCUT2D eigenvalue weighted by molar-refractivity contribution is -0.0646. The van der Waals surface area contributed by atoms with Gasteiger partial charge in [0.25, 0.3) is 0 Å². The van der Waals surface area contributed by atoms with E-state index in [1.54, 1.807) is 7.11 Å². The van der Waals surface area contributed by atoms with Gasteiger partial charge < -0.3 is 19.9 Å². The molecule has 1 heterocycles. The Bertz CT molecular complexity index is 220. The predicted octanol–water partition coefficient (Wildman–Crippen LogP) is 0.576. The Morgan fingerprint density at radius 3 is 2.69 bits per heavy atom. The van der Waals surface area contributed by atoms with Crippen LogP contribution in [0.2, 0.25) is 0 Å². The summed E-state index contributed by atoms with van der Waals surface area (Å²) in [6, 6.07) is 0. The second-order valence-electron chi connectivity index (χ2n) is 3.80. The van der Waals surface area contributed by atoms with Gasteiger partial charge >= 0.3 is 0 Å². The zero-order valence-corrected chi connectivity index (χ0v) is 10.2. The van der Waals surface area contributed by atoms with Crippen molar-refractivity contribution in [3.63, 3.8) is 0 Å². The van der Waals surface area contributed by atoms with E-state index in [2.05, 4.69) is 4.99 Å². The number of nitrogens with two attached hydrogens (primary N) is 1. The minimum Gasteiger partial charge on any atom is -0.385 e. The highest BCUT2D eigenvalue weighted by Gasteiger charge is 2.37. The maximum atomic E-state index is 6.02. The van der Waals surface area contributed by atoms with Crippen molar-refractivity contribution < 1.29 is 14.2 Å². The number of ether oxygens (including phenoxy) is 3. The van der Waals surface area contributed by atoms with E-state index >= 15 is 0 Å². The number of aliphatic imine (C=N–C) groups is 1. The Hall–Kier alpha value is -0.650. The highest BCUT2D eigenvalue weighted by Crippen LogP contribution is 2.25. The van der Waals surface area contributed by atoms with Crippen LogP contribution in [-0.2, 0) is 14.2 Å². The van der Waals surface area contributed by atoms with E-state index in [0.717, 1.165) is 12.8 Å². The summed E-state index contributed by atoms with van der Waals surface area (Å²) < 4.78 is 16.1. The lowest BCUT2D eigenvalue weighted by Gasteiger charge is -2.36. The Morgan fingerprint density at radius 2 is 2.12 bits per heavy atom. The topological polar surface area (TPSA) is 66.1 Å². The monoisotopic (exact) mass is 230 g/mol. The fourth-order valence-corrected chi connectivity index (χ4v) is 1.85. The van der Waals surface area contributed by atoms with Crippen LogP contribution in [0.5, 0.6) is 0 Å². The number of nitrogens with zero attached hydrogens (tertiary/aromatic N) is 1. The third kappa shape index (κ3) is 3.43. The van der Waals surface area contributed by atoms with Crippen molar-refractivity contribution in [2.24, 2.45) is 10.7 Å². The maximum Gasteiger partial charge on any atom is 0.129 e. The van der Waals surface area contributed by atoms with Crippen molar-refractivity contribution in [3.8, 4) is 0 Å². The SMILES string of the molecule is CCOC1(C(N)=NCCOC)CCOCC1. The fraction of sp³-hybridized carbons (Fsp3) is 0.909. The maximum absolute atomic E-state index is 6.02. The standard InChI is InChI=1S/C11H22N2O3/c1-3-16-11(4-7-15-8-5-11)10(12)13-6-9-14-2/h3-9H2,1-2H3,(H2,12,13). The second-order valence-corrected chi connectivity index (χ2v) is 3.80. The smallest absolute Gasteiger partial charge is 0.129 e. The fourth-order valence-electron chi connectivity index (χ4n) is 1.85. The summed E-state index contributed by atoms with van der Waals surface area (Å²) in [6.07, 6.45) is 1.56. The van der Waals surface area contributed by atoms with E-state index in [4.69, 9.17) is 19.9 Å². The van der Waals surface area contributed by atoms with Gasteiger partial charge in [-0.1, -0.05) is 0 Å². The van der Waals surface area contributed by atoms with Gasteiger partial charge in [0.05, 0.1) is 13.2 Å². The average Bonchev–Trinajstić information content (AvgIpc) is 2.31. The van der Waals surface area contributed by atoms with Crippen LogP contribution in [0.25, 0.3) is 0 Å². The van der Waals surface area contributed by atoms with Gasteiger partial charge in [-0.05, 0) is 6.92 Å². The molecule has 1 saturated heterocycles. The van der Waals surface area contributed by atoms with Crippen LogP contribution in [-0.4, -0.2) is 51.5 Å². The van der Waals surface area contributed by atoms with E-state index in [1.807, 2.05) is 6.92 Å². The van der Waals surface area contributed by atoms with Gasteiger partial charge in [0.1, 0.15) is 11.4 Å². The van der Waals surface area contributed by atoms with Crippen LogP contribution in [0.3, 0.4) is 0 Å². The van der Waals surface area contributed by atoms with E-state index < -0.39 is 5.60 Å². The highest BCUT2D eigenvalue weighted by molar-refractivity contribution is 5.89. The Kier molecular flexibility index (Phi) is 5.73. The quantitative estimate of drug-likeness (QED) is 0.412. The van der Waals surface area contributed by atoms with Crippen molar-refractivity contribution in [2.45, 2.75) is 25.4 Å². The van der Waals surface area contributed by atoms with Gasteiger partial charge in [0.2, 0.25) is 0 Å². The molecule has 0 bridgehead atoms. The van der Waals surface area contributed by atoms with E-state index in [9.17, 15) is 0 Å². The normalized spacial score (nSPS) is 21.0. The molecule has 0 aliphatic carbocycles. The highest BCUT2D eigenvalue weighted by atomic mass is 16.5. The molecule has 1 fully saturated rings. The molecule has 1 aliphatic rings. The third-order valence-corrected chi connectivity index (χ3v) is 2.77. The Morgan fingerprint density at radius 1 is 1.44 bits per heavy atom. The van der Waals surface area contributed by atoms with Crippen LogP contribution in [0.1, 0.15) is 19.8 Å². The molecule has 0 spiro atoms. The summed E-state index contributed by atoms with van der Waals surface area (Å²) in [5.41, 5.74) is 5.61. The van der Waals surface area contributed by atoms with Crippen molar-refractivity contribution in [1.82, 2.24) is 0 Å². The lowest BCUT2D eigenvalue weighted by atomic mass is 9.92. The summed E-state index contributed by atoms with van der Waals surface area (Å²) in [5.74, 6) is 0.578. The first kappa shape index (κ1) is 13.4. The molecule has 0 aromatic carbocycles. The van der Waals surface area contributed by atoms with Gasteiger partial charge in [0, 0.05) is 39.8 Å². The number of methoxy groups -OCH3 is 1. The molecule has 16 heavy (non-hydrogen) atoms. The van der Waals surface area contributed by atoms with Crippen LogP contribution >= 0.6 is 0 Å². The number of amidine groups is 1. The minimum atomic E-state index is -0.416. The molecule has 2 N–H and O–H groups in total. The first-order valence-electron chi connectivity index (χ1n) is 5.76. The molecule has 0 saturated carbocycles. The number of hydrogen-bond donors (Lipinski definition) is 1. The minimum absolute atomic E-state index is 0.416. The van der Waals surface area contributed by atoms with Crippen LogP contribution in [0.4, 0.5) is 0 Å². The molecule has 0 radical (unpaired) electrons. The molecular weight excluding hydrogens is 208 g/mol. The van der Waals surface area contributed by atoms with Crippen LogP contribution in [0, 0.1) is 0 Å². The molecule has 0 aromatic heterocycles. The van der Waals surface area contributed by atoms with Gasteiger partial charge in [0.15, 0.2) is 0 Å². The van der Waals surface area contributed by atoms with Gasteiger partial charge in [-0.15, -0.1) is 0 Å². The van der Waals surface area contributed by atoms with Crippen LogP contribution in [0.15, 0.2) is 4.99 Å². The molecule has 0 atom stereocenters. The number of hydrogen-bond acceptors (Lipinski definition) is 4. The Labute approximate surface area is 97.0 Å². The zero-order valence-electron chi connectivity index (χ0n) is 10.2. The average molecular weight is 230 g/mol. The van der Waals surface area contributed by atoms with Crippen molar-refractivity contribution >= 4 is 5.84 Å². The zero-order chi connectivity index (χ0) is 11.9. The van der Waals surface area contributed by atoms with Crippen LogP contribution < -0.4 is 5.73 Å². The summed E-state index contributed by atoms with van der Waals surface area (Å²) in [6.45, 7) is 5.14. The lowest BCUT2D eigenvalue weighted by Crippen LogP contribution is -2.50. The van der Waals surface area contributed by atoms with Crippen molar-refractivity contribution in [3.05, 3.63) is 0 Å². The van der Waals surface area contributed by atoms with E-state index in [1.165, 1.54) is 0 Å². The van der Waals surface area contributed by atoms with Crippen molar-refractivity contribution in [1.29, 1.82) is 0 Å². The summed E-state index contributed by atoms with van der Waals surface area (Å²) in [5, 5.41) is 0. The molecule has 5 heteroatoms. The Balaban J connectivity index is 2.63. The first-order chi connectivity index (χ1) is 7.75.